The van der Waals surface area contributed by atoms with E-state index in [9.17, 15) is 19.2 Å². The van der Waals surface area contributed by atoms with E-state index in [1.165, 1.54) is 23.7 Å². The molecule has 2 aliphatic rings. The fourth-order valence-corrected chi connectivity index (χ4v) is 33.8. The summed E-state index contributed by atoms with van der Waals surface area (Å²) in [5.74, 6) is -4.53. The first-order valence-corrected chi connectivity index (χ1v) is 67.0. The van der Waals surface area contributed by atoms with Crippen LogP contribution < -0.4 is 48.6 Å². The second-order valence-electron chi connectivity index (χ2n) is 42.3. The van der Waals surface area contributed by atoms with E-state index in [-0.39, 0.29) is 94.3 Å². The molecule has 792 valence electrons. The van der Waals surface area contributed by atoms with E-state index >= 15 is 8.78 Å². The molecule has 12 rings (SSSR count). The molecule has 0 saturated carbocycles. The van der Waals surface area contributed by atoms with Gasteiger partial charge in [0.05, 0.1) is 11.7 Å². The first-order chi connectivity index (χ1) is 69.8. The van der Waals surface area contributed by atoms with Crippen LogP contribution in [0.15, 0.2) is 291 Å². The zero-order valence-corrected chi connectivity index (χ0v) is 99.4. The quantitative estimate of drug-likeness (QED) is 0.00865. The Labute approximate surface area is 901 Å². The van der Waals surface area contributed by atoms with Gasteiger partial charge < -0.3 is 18.6 Å². The maximum Gasteiger partial charge on any atom is 0.338 e. The molecule has 2 heterocycles. The first-order valence-electron chi connectivity index (χ1n) is 50.3. The number of halogens is 3. The summed E-state index contributed by atoms with van der Waals surface area (Å²) in [6.07, 6.45) is -2.25. The van der Waals surface area contributed by atoms with Crippen LogP contribution in [-0.4, -0.2) is 207 Å². The van der Waals surface area contributed by atoms with Gasteiger partial charge in [-0.25, -0.2) is 9.18 Å². The van der Waals surface area contributed by atoms with Gasteiger partial charge in [0.2, 0.25) is 0 Å². The first kappa shape index (κ1) is 120. The number of ether oxygens (including phenoxy) is 14. The summed E-state index contributed by atoms with van der Waals surface area (Å²) in [6.45, 7) is 42.4. The fraction of sp³-hybridized carbons (Fsp3) is 0.424. The number of benzene rings is 10. The topological polar surface area (TPSA) is 216 Å². The standard InChI is InChI=1S/C59H75FO10SeSi2.C37H46FIO5Si.C22H30O5SeSi/c1-41(42(2)70-73(58(3,4)5,46-29-21-15-22-30-46)47-31-23-16-24-32-47)37-49(60)54(67-56(61)43-25-17-13-18-26-43)55-50(68-59(6,7)69-55)33-34-52(71-45-27-19-14-20-28-45)48-38-44(64-9)39-51(66-40-63-8)53(48)57(62)65-35-36-72(10,11)12;1-26(27(2)44-45(36(3,4)5,29-19-13-9-14-20-29)30-21-15-10-16-22-30)25-31(38)33(41-35(40)28-17-11-8-12-18-28)34-32(23-24-39)42-37(6,7)43-34;1-24-16-27-20-14-18(25-2)13-17(15-28-19-9-7-6-8-10-19)21(20)22(23)26-11-12-29(3,4)5/h13-32,37-39,41-42,50,52,54-55H,33-36,40H2,1-12H3;8-22,25-27,32-34H,23-24H2,1-7H3;6-10,13-14H,11-12,15-16H2,1-5H3/b49-37+;31-25+;/t41-,42-,50-,52?,54?,55-;26-,27-,32+,33?,34?;/m01./s1. The third-order valence-corrected chi connectivity index (χ3v) is 44.8. The molecule has 147 heavy (non-hydrogen) atoms. The van der Waals surface area contributed by atoms with Gasteiger partial charge in [-0.05, 0) is 76.2 Å². The predicted octanol–water partition coefficient (Wildman–Crippen LogP) is 22.9. The molecular formula is C118H151F2IO20Se2Si4. The average Bonchev–Trinajstić information content (AvgIpc) is 1.53. The molecule has 0 radical (unpaired) electrons. The van der Waals surface area contributed by atoms with Crippen LogP contribution in [0.3, 0.4) is 0 Å². The Morgan fingerprint density at radius 2 is 0.782 bits per heavy atom. The van der Waals surface area contributed by atoms with Crippen molar-refractivity contribution < 1.29 is 103 Å². The van der Waals surface area contributed by atoms with Gasteiger partial charge in [0, 0.05) is 16.4 Å². The van der Waals surface area contributed by atoms with Crippen LogP contribution in [0.1, 0.15) is 174 Å². The van der Waals surface area contributed by atoms with E-state index in [1.807, 2.05) is 155 Å². The van der Waals surface area contributed by atoms with Crippen LogP contribution in [0.25, 0.3) is 0 Å². The van der Waals surface area contributed by atoms with Gasteiger partial charge in [-0.3, -0.25) is 0 Å². The molecule has 0 aliphatic carbocycles. The van der Waals surface area contributed by atoms with Crippen molar-refractivity contribution in [3.8, 4) is 23.0 Å². The molecule has 0 aromatic heterocycles. The van der Waals surface area contributed by atoms with Crippen LogP contribution >= 0.6 is 22.6 Å². The number of alkyl halides is 1. The summed E-state index contributed by atoms with van der Waals surface area (Å²) in [6, 6.07) is 87.9. The van der Waals surface area contributed by atoms with Crippen LogP contribution in [0.4, 0.5) is 8.78 Å². The Morgan fingerprint density at radius 3 is 1.14 bits per heavy atom. The summed E-state index contributed by atoms with van der Waals surface area (Å²) in [5, 5.41) is 4.72. The average molecular weight is 2320 g/mol. The van der Waals surface area contributed by atoms with E-state index in [2.05, 4.69) is 176 Å². The number of methoxy groups -OCH3 is 4. The van der Waals surface area contributed by atoms with E-state index in [4.69, 9.17) is 75.2 Å². The third kappa shape index (κ3) is 34.2. The maximum absolute atomic E-state index is 17.8. The van der Waals surface area contributed by atoms with Gasteiger partial charge in [-0.15, -0.1) is 0 Å². The Kier molecular flexibility index (Phi) is 45.5. The maximum atomic E-state index is 17.8. The van der Waals surface area contributed by atoms with Crippen molar-refractivity contribution in [3.63, 3.8) is 0 Å². The van der Waals surface area contributed by atoms with Gasteiger partial charge in [0.25, 0.3) is 8.32 Å². The van der Waals surface area contributed by atoms with E-state index in [0.29, 0.717) is 65.4 Å². The number of rotatable bonds is 47. The Hall–Kier alpha value is -9.06. The van der Waals surface area contributed by atoms with Crippen molar-refractivity contribution >= 4 is 139 Å². The Morgan fingerprint density at radius 1 is 0.442 bits per heavy atom. The monoisotopic (exact) mass is 2320 g/mol. The van der Waals surface area contributed by atoms with Crippen LogP contribution in [0.5, 0.6) is 23.0 Å². The van der Waals surface area contributed by atoms with Crippen LogP contribution in [-0.2, 0) is 61.5 Å². The summed E-state index contributed by atoms with van der Waals surface area (Å²) in [5.41, 5.74) is 2.93. The zero-order valence-electron chi connectivity index (χ0n) is 89.8. The summed E-state index contributed by atoms with van der Waals surface area (Å²) in [4.78, 5) is 54.4. The molecule has 4 unspecified atom stereocenters. The fourth-order valence-electron chi connectivity index (χ4n) is 17.7. The molecule has 0 amide bonds. The van der Waals surface area contributed by atoms with E-state index in [0.717, 1.165) is 52.6 Å². The van der Waals surface area contributed by atoms with E-state index in [1.54, 1.807) is 116 Å². The smallest absolute Gasteiger partial charge is 0.338 e. The SMILES string of the molecule is COCOc1cc(OC)cc(C(CC[C@@H]2OC(C)(C)O[C@@H]2C(OC(=O)c2ccccc2)/C(F)=C\[C@H](C)[C@H](C)O[Si](c2ccccc2)(c2ccccc2)C(C)(C)C)[Se]c2ccccc2)c1C(=O)OCC[Si](C)(C)C.COCOc1cc(OC)cc(C[Se]c2ccccc2)c1C(=O)OCC[Si](C)(C)C.C[C@H](/C=C(/F)C(OC(=O)c1ccccc1)C1OC(C)(C)O[C@H]1CCI)[C@@H](C)O[Si](c1ccccc1)(c1ccccc1)C(C)(C)C. The minimum atomic E-state index is -3.03. The number of esters is 4. The Bertz CT molecular complexity index is 5750. The normalized spacial score (nSPS) is 17.4. The summed E-state index contributed by atoms with van der Waals surface area (Å²) >= 11 is 2.16. The largest absolute Gasteiger partial charge is 0.449 e. The number of carbonyl (C=O) groups excluding carboxylic acids is 4. The summed E-state index contributed by atoms with van der Waals surface area (Å²) < 4.78 is 135. The molecule has 29 heteroatoms. The number of hydrogen-bond donors (Lipinski definition) is 0. The molecule has 10 aromatic rings. The van der Waals surface area contributed by atoms with Crippen LogP contribution in [0.2, 0.25) is 61.4 Å². The van der Waals surface area contributed by atoms with Crippen molar-refractivity contribution in [2.45, 2.75) is 248 Å². The molecule has 11 atom stereocenters. The van der Waals surface area contributed by atoms with Crippen molar-refractivity contribution in [3.05, 3.63) is 324 Å². The zero-order chi connectivity index (χ0) is 107. The second kappa shape index (κ2) is 55.8. The second-order valence-corrected chi connectivity index (χ2v) is 68.0. The molecule has 0 spiro atoms. The predicted molar refractivity (Wildman–Crippen MR) is 603 cm³/mol. The minimum Gasteiger partial charge on any atom is -0.449 e. The molecule has 2 fully saturated rings. The molecule has 10 aromatic carbocycles. The summed E-state index contributed by atoms with van der Waals surface area (Å²) in [7, 11) is -2.50. The number of hydrogen-bond acceptors (Lipinski definition) is 20. The third-order valence-electron chi connectivity index (χ3n) is 25.5. The van der Waals surface area contributed by atoms with E-state index < -0.39 is 123 Å². The van der Waals surface area contributed by atoms with Gasteiger partial charge >= 0.3 is 534 Å². The van der Waals surface area contributed by atoms with Gasteiger partial charge in [0.15, 0.2) is 11.9 Å². The molecular weight excluding hydrogens is 2170 g/mol. The molecule has 2 aliphatic heterocycles. The Balaban J connectivity index is 0.000000252. The van der Waals surface area contributed by atoms with Crippen molar-refractivity contribution in [2.24, 2.45) is 11.8 Å². The van der Waals surface area contributed by atoms with Crippen LogP contribution in [0, 0.1) is 11.8 Å². The molecule has 0 bridgehead atoms. The number of carbonyl (C=O) groups is 4. The molecule has 2 saturated heterocycles. The van der Waals surface area contributed by atoms with Gasteiger partial charge in [-0.2, -0.15) is 0 Å². The van der Waals surface area contributed by atoms with Crippen molar-refractivity contribution in [1.29, 1.82) is 0 Å². The van der Waals surface area contributed by atoms with Gasteiger partial charge in [-0.1, -0.05) is 211 Å². The molecule has 20 nitrogen and oxygen atoms in total. The molecule has 0 N–H and O–H groups in total. The van der Waals surface area contributed by atoms with Gasteiger partial charge in [0.1, 0.15) is 11.9 Å². The minimum absolute atomic E-state index is 0.0472. The van der Waals surface area contributed by atoms with Crippen molar-refractivity contribution in [1.82, 2.24) is 0 Å². The van der Waals surface area contributed by atoms with Crippen molar-refractivity contribution in [2.75, 3.05) is 59.7 Å².